The van der Waals surface area contributed by atoms with E-state index in [0.717, 1.165) is 0 Å². The predicted molar refractivity (Wildman–Crippen MR) is 32.9 cm³/mol. The summed E-state index contributed by atoms with van der Waals surface area (Å²) in [6.07, 6.45) is -1.13. The van der Waals surface area contributed by atoms with Crippen LogP contribution in [0.1, 0.15) is 0 Å². The molecule has 1 aliphatic heterocycles. The fourth-order valence-electron chi connectivity index (χ4n) is 0.864. The molecule has 0 spiro atoms. The van der Waals surface area contributed by atoms with Crippen LogP contribution in [0.15, 0.2) is 0 Å². The van der Waals surface area contributed by atoms with Gasteiger partial charge in [0.1, 0.15) is 0 Å². The van der Waals surface area contributed by atoms with Gasteiger partial charge in [0.05, 0.1) is 0 Å². The summed E-state index contributed by atoms with van der Waals surface area (Å²) in [6.45, 7) is 0.165. The summed E-state index contributed by atoms with van der Waals surface area (Å²) in [4.78, 5) is 0. The Morgan fingerprint density at radius 3 is 2.55 bits per heavy atom. The average molecular weight is 342 g/mol. The minimum absolute atomic E-state index is 0.165. The third kappa shape index (κ3) is 1.80. The number of nitrogens with two attached hydrogens (primary N) is 2. The van der Waals surface area contributed by atoms with Crippen molar-refractivity contribution in [1.82, 2.24) is 0 Å². The summed E-state index contributed by atoms with van der Waals surface area (Å²) in [6, 6.07) is -1.05. The first-order chi connectivity index (χ1) is 4.95. The van der Waals surface area contributed by atoms with Crippen LogP contribution in [0.4, 0.5) is 0 Å². The van der Waals surface area contributed by atoms with E-state index in [1.807, 2.05) is 0 Å². The van der Waals surface area contributed by atoms with Gasteiger partial charge in [0.2, 0.25) is 0 Å². The fraction of sp³-hybridized carbons (Fsp3) is 1.00. The van der Waals surface area contributed by atoms with Crippen LogP contribution in [0.5, 0.6) is 0 Å². The second-order valence-electron chi connectivity index (χ2n) is 2.56. The van der Waals surface area contributed by atoms with E-state index in [4.69, 9.17) is 16.2 Å². The number of hydrogen-bond acceptors (Lipinski definition) is 5. The summed E-state index contributed by atoms with van der Waals surface area (Å²) < 4.78 is 3.26. The zero-order valence-corrected chi connectivity index (χ0v) is 7.98. The number of rotatable bonds is 0. The molecule has 0 unspecified atom stereocenters. The molecule has 69 valence electrons. The molecule has 1 rings (SSSR count). The topological polar surface area (TPSA) is 102 Å². The van der Waals surface area contributed by atoms with E-state index in [1.165, 1.54) is 0 Å². The summed E-state index contributed by atoms with van der Waals surface area (Å²) in [5.41, 5.74) is 10.9. The maximum atomic E-state index is 9.31. The molecule has 5 nitrogen and oxygen atoms in total. The molecule has 1 fully saturated rings. The quantitative estimate of drug-likeness (QED) is 0.382. The van der Waals surface area contributed by atoms with Gasteiger partial charge in [0, 0.05) is 0 Å². The van der Waals surface area contributed by atoms with Gasteiger partial charge in [0.25, 0.3) is 0 Å². The Morgan fingerprint density at radius 2 is 2.09 bits per heavy atom. The molecule has 0 radical (unpaired) electrons. The van der Waals surface area contributed by atoms with Crippen molar-refractivity contribution in [3.05, 3.63) is 0 Å². The van der Waals surface area contributed by atoms with Gasteiger partial charge < -0.3 is 0 Å². The van der Waals surface area contributed by atoms with E-state index in [9.17, 15) is 10.2 Å². The molecule has 1 heterocycles. The molecular weight excluding hydrogens is 331 g/mol. The number of ether oxygens (including phenoxy) is 1. The summed E-state index contributed by atoms with van der Waals surface area (Å²) in [5.74, 6) is 0. The summed E-state index contributed by atoms with van der Waals surface area (Å²) in [5, 5.41) is 18.6. The van der Waals surface area contributed by atoms with Gasteiger partial charge in [-0.1, -0.05) is 0 Å². The predicted octanol–water partition coefficient (Wildman–Crippen LogP) is -2.77. The second kappa shape index (κ2) is 3.09. The van der Waals surface area contributed by atoms with E-state index in [-0.39, 0.29) is 6.61 Å². The first-order valence-corrected chi connectivity index (χ1v) is 4.30. The molecule has 6 heteroatoms. The molecule has 4 atom stereocenters. The third-order valence-electron chi connectivity index (χ3n) is 1.67. The van der Waals surface area contributed by atoms with E-state index in [0.29, 0.717) is 0 Å². The van der Waals surface area contributed by atoms with Gasteiger partial charge in [-0.2, -0.15) is 0 Å². The first-order valence-electron chi connectivity index (χ1n) is 3.16. The van der Waals surface area contributed by atoms with E-state index >= 15 is 0 Å². The van der Waals surface area contributed by atoms with Crippen molar-refractivity contribution in [3.63, 3.8) is 0 Å². The van der Waals surface area contributed by atoms with Gasteiger partial charge in [-0.25, -0.2) is 0 Å². The molecule has 1 aliphatic rings. The molecule has 0 aromatic carbocycles. The van der Waals surface area contributed by atoms with Crippen molar-refractivity contribution in [1.29, 1.82) is 0 Å². The van der Waals surface area contributed by atoms with Gasteiger partial charge >= 0.3 is 75.2 Å². The van der Waals surface area contributed by atoms with Crippen molar-refractivity contribution < 1.29 is 34.8 Å². The molecule has 0 bridgehead atoms. The Bertz CT molecular complexity index is 155. The van der Waals surface area contributed by atoms with Crippen molar-refractivity contribution >= 4 is 0 Å². The SMILES string of the molecule is N[C@H]1[C@H](N)CO[C@](O)([Pt])[C@@H]1O. The molecule has 0 aromatic heterocycles. The monoisotopic (exact) mass is 342 g/mol. The van der Waals surface area contributed by atoms with Crippen LogP contribution >= 0.6 is 0 Å². The molecule has 0 aliphatic carbocycles. The second-order valence-corrected chi connectivity index (χ2v) is 4.19. The van der Waals surface area contributed by atoms with E-state index < -0.39 is 22.4 Å². The van der Waals surface area contributed by atoms with Crippen LogP contribution in [0.25, 0.3) is 0 Å². The van der Waals surface area contributed by atoms with Crippen molar-refractivity contribution in [2.75, 3.05) is 6.61 Å². The Labute approximate surface area is 75.6 Å². The first kappa shape index (κ1) is 9.58. The number of hydrogen-bond donors (Lipinski definition) is 4. The summed E-state index contributed by atoms with van der Waals surface area (Å²) in [7, 11) is 0. The van der Waals surface area contributed by atoms with Gasteiger partial charge in [0.15, 0.2) is 0 Å². The van der Waals surface area contributed by atoms with E-state index in [2.05, 4.69) is 0 Å². The Balaban J connectivity index is 2.67. The van der Waals surface area contributed by atoms with Gasteiger partial charge in [-0.3, -0.25) is 0 Å². The Kier molecular flexibility index (Phi) is 2.69. The molecule has 11 heavy (non-hydrogen) atoms. The normalized spacial score (nSPS) is 52.7. The average Bonchev–Trinajstić information content (AvgIpc) is 1.95. The van der Waals surface area contributed by atoms with Crippen molar-refractivity contribution in [2.24, 2.45) is 11.5 Å². The maximum absolute atomic E-state index is 9.31. The minimum atomic E-state index is -1.59. The van der Waals surface area contributed by atoms with Crippen molar-refractivity contribution in [2.45, 2.75) is 22.4 Å². The van der Waals surface area contributed by atoms with Gasteiger partial charge in [-0.05, 0) is 0 Å². The van der Waals surface area contributed by atoms with Crippen LogP contribution in [0.2, 0.25) is 0 Å². The van der Waals surface area contributed by atoms with Gasteiger partial charge in [-0.15, -0.1) is 0 Å². The van der Waals surface area contributed by atoms with E-state index in [1.54, 1.807) is 19.8 Å². The standard InChI is InChI=1S/C5H11N2O3.Pt/c6-2-1-10-5(9)4(8)3(2)7;/h2-4,8-9H,1,6-7H2;/t2-,3+,4-;/m1./s1. The fourth-order valence-corrected chi connectivity index (χ4v) is 1.49. The van der Waals surface area contributed by atoms with Crippen LogP contribution in [0, 0.1) is 0 Å². The molecule has 0 saturated carbocycles. The van der Waals surface area contributed by atoms with Crippen LogP contribution in [0.3, 0.4) is 0 Å². The number of aliphatic hydroxyl groups is 2. The number of aliphatic hydroxyl groups excluding tert-OH is 1. The molecule has 1 saturated heterocycles. The molecule has 0 aromatic rings. The summed E-state index contributed by atoms with van der Waals surface area (Å²) >= 11 is 1.57. The molecule has 6 N–H and O–H groups in total. The van der Waals surface area contributed by atoms with Crippen molar-refractivity contribution in [3.8, 4) is 0 Å². The zero-order chi connectivity index (χ0) is 8.65. The van der Waals surface area contributed by atoms with Crippen LogP contribution in [-0.2, 0) is 24.6 Å². The molecule has 0 amide bonds. The van der Waals surface area contributed by atoms with Crippen LogP contribution in [-0.4, -0.2) is 39.2 Å². The molecular formula is C5H11N2O3Pt. The Morgan fingerprint density at radius 1 is 1.55 bits per heavy atom. The Hall–Kier alpha value is 0.488. The third-order valence-corrected chi connectivity index (χ3v) is 2.67. The zero-order valence-electron chi connectivity index (χ0n) is 5.71. The van der Waals surface area contributed by atoms with Crippen LogP contribution < -0.4 is 11.5 Å².